The summed E-state index contributed by atoms with van der Waals surface area (Å²) in [6.07, 6.45) is 7.10. The number of nitrogens with zero attached hydrogens (tertiary/aromatic N) is 1. The van der Waals surface area contributed by atoms with Crippen LogP contribution >= 0.6 is 11.6 Å². The van der Waals surface area contributed by atoms with Crippen LogP contribution in [0.2, 0.25) is 5.02 Å². The van der Waals surface area contributed by atoms with Crippen molar-refractivity contribution in [1.82, 2.24) is 10.2 Å². The molecule has 1 saturated heterocycles. The highest BCUT2D eigenvalue weighted by atomic mass is 35.5. The molecule has 1 aromatic carbocycles. The van der Waals surface area contributed by atoms with Crippen molar-refractivity contribution in [1.29, 1.82) is 0 Å². The van der Waals surface area contributed by atoms with Crippen molar-refractivity contribution in [3.05, 3.63) is 29.3 Å². The second kappa shape index (κ2) is 8.91. The molecular weight excluding hydrogens is 336 g/mol. The summed E-state index contributed by atoms with van der Waals surface area (Å²) in [6.45, 7) is 5.18. The van der Waals surface area contributed by atoms with E-state index in [0.29, 0.717) is 10.8 Å². The molecule has 4 nitrogen and oxygen atoms in total. The molecule has 0 spiro atoms. The third-order valence-corrected chi connectivity index (χ3v) is 5.75. The van der Waals surface area contributed by atoms with Gasteiger partial charge in [-0.1, -0.05) is 36.6 Å². The Balaban J connectivity index is 1.40. The van der Waals surface area contributed by atoms with Gasteiger partial charge in [-0.15, -0.1) is 0 Å². The third kappa shape index (κ3) is 5.35. The maximum Gasteiger partial charge on any atom is 0.260 e. The number of hydrogen-bond donors (Lipinski definition) is 1. The Labute approximate surface area is 155 Å². The first kappa shape index (κ1) is 18.5. The number of amides is 1. The molecule has 0 aromatic heterocycles. The molecule has 0 unspecified atom stereocenters. The van der Waals surface area contributed by atoms with E-state index in [0.717, 1.165) is 31.8 Å². The van der Waals surface area contributed by atoms with Crippen molar-refractivity contribution in [3.8, 4) is 5.75 Å². The van der Waals surface area contributed by atoms with Crippen molar-refractivity contribution in [3.63, 3.8) is 0 Å². The molecule has 1 aliphatic carbocycles. The number of hydrogen-bond acceptors (Lipinski definition) is 3. The quantitative estimate of drug-likeness (QED) is 0.832. The van der Waals surface area contributed by atoms with Crippen molar-refractivity contribution in [2.45, 2.75) is 57.6 Å². The van der Waals surface area contributed by atoms with Crippen LogP contribution in [-0.4, -0.2) is 42.6 Å². The highest BCUT2D eigenvalue weighted by Crippen LogP contribution is 2.27. The van der Waals surface area contributed by atoms with Crippen LogP contribution in [0.25, 0.3) is 0 Å². The molecule has 2 fully saturated rings. The van der Waals surface area contributed by atoms with E-state index in [-0.39, 0.29) is 11.9 Å². The van der Waals surface area contributed by atoms with Crippen LogP contribution in [0.4, 0.5) is 0 Å². The van der Waals surface area contributed by atoms with E-state index < -0.39 is 6.10 Å². The summed E-state index contributed by atoms with van der Waals surface area (Å²) in [4.78, 5) is 15.0. The smallest absolute Gasteiger partial charge is 0.260 e. The third-order valence-electron chi connectivity index (χ3n) is 5.43. The second-order valence-electron chi connectivity index (χ2n) is 7.42. The highest BCUT2D eigenvalue weighted by molar-refractivity contribution is 6.32. The average molecular weight is 365 g/mol. The maximum atomic E-state index is 12.4. The van der Waals surface area contributed by atoms with E-state index in [1.165, 1.54) is 32.2 Å². The van der Waals surface area contributed by atoms with Gasteiger partial charge in [-0.25, -0.2) is 0 Å². The standard InChI is InChI=1S/C20H29ClN2O2/c1-15(25-19-9-5-4-8-18(19)21)20(24)22-17-10-12-23(13-11-17)14-16-6-2-3-7-16/h4-5,8-9,15-17H,2-3,6-7,10-14H2,1H3,(H,22,24)/t15-/m1/s1. The van der Waals surface area contributed by atoms with Crippen molar-refractivity contribution in [2.75, 3.05) is 19.6 Å². The normalized spacial score (nSPS) is 21.2. The summed E-state index contributed by atoms with van der Waals surface area (Å²) >= 11 is 6.09. The van der Waals surface area contributed by atoms with Crippen molar-refractivity contribution >= 4 is 17.5 Å². The van der Waals surface area contributed by atoms with E-state index in [1.54, 1.807) is 19.1 Å². The minimum Gasteiger partial charge on any atom is -0.479 e. The fraction of sp³-hybridized carbons (Fsp3) is 0.650. The topological polar surface area (TPSA) is 41.6 Å². The molecule has 1 aliphatic heterocycles. The first-order valence-corrected chi connectivity index (χ1v) is 9.93. The fourth-order valence-corrected chi connectivity index (χ4v) is 4.10. The zero-order valence-corrected chi connectivity index (χ0v) is 15.8. The zero-order chi connectivity index (χ0) is 17.6. The maximum absolute atomic E-state index is 12.4. The van der Waals surface area contributed by atoms with Crippen LogP contribution in [0.1, 0.15) is 45.4 Å². The van der Waals surface area contributed by atoms with Gasteiger partial charge >= 0.3 is 0 Å². The van der Waals surface area contributed by atoms with E-state index in [4.69, 9.17) is 16.3 Å². The molecule has 1 atom stereocenters. The number of rotatable bonds is 6. The number of benzene rings is 1. The largest absolute Gasteiger partial charge is 0.479 e. The molecule has 3 rings (SSSR count). The zero-order valence-electron chi connectivity index (χ0n) is 15.0. The molecule has 2 aliphatic rings. The Hall–Kier alpha value is -1.26. The lowest BCUT2D eigenvalue weighted by molar-refractivity contribution is -0.128. The first-order valence-electron chi connectivity index (χ1n) is 9.55. The van der Waals surface area contributed by atoms with Crippen molar-refractivity contribution < 1.29 is 9.53 Å². The monoisotopic (exact) mass is 364 g/mol. The molecule has 0 radical (unpaired) electrons. The predicted octanol–water partition coefficient (Wildman–Crippen LogP) is 3.88. The van der Waals surface area contributed by atoms with Crippen LogP contribution < -0.4 is 10.1 Å². The molecule has 1 heterocycles. The minimum atomic E-state index is -0.545. The molecule has 5 heteroatoms. The lowest BCUT2D eigenvalue weighted by Gasteiger charge is -2.34. The van der Waals surface area contributed by atoms with Crippen LogP contribution in [0.15, 0.2) is 24.3 Å². The SMILES string of the molecule is C[C@@H](Oc1ccccc1Cl)C(=O)NC1CCN(CC2CCCC2)CC1. The van der Waals surface area contributed by atoms with Gasteiger partial charge in [-0.05, 0) is 50.7 Å². The number of likely N-dealkylation sites (tertiary alicyclic amines) is 1. The number of carbonyl (C=O) groups excluding carboxylic acids is 1. The number of ether oxygens (including phenoxy) is 1. The van der Waals surface area contributed by atoms with Gasteiger partial charge in [-0.2, -0.15) is 0 Å². The van der Waals surface area contributed by atoms with Gasteiger partial charge in [0.2, 0.25) is 0 Å². The Morgan fingerprint density at radius 2 is 1.92 bits per heavy atom. The summed E-state index contributed by atoms with van der Waals surface area (Å²) in [7, 11) is 0. The summed E-state index contributed by atoms with van der Waals surface area (Å²) in [5.74, 6) is 1.39. The minimum absolute atomic E-state index is 0.0610. The van der Waals surface area contributed by atoms with E-state index >= 15 is 0 Å². The molecule has 1 aromatic rings. The molecule has 0 bridgehead atoms. The van der Waals surface area contributed by atoms with Crippen LogP contribution in [-0.2, 0) is 4.79 Å². The summed E-state index contributed by atoms with van der Waals surface area (Å²) in [6, 6.07) is 7.50. The lowest BCUT2D eigenvalue weighted by atomic mass is 10.0. The highest BCUT2D eigenvalue weighted by Gasteiger charge is 2.26. The van der Waals surface area contributed by atoms with E-state index in [2.05, 4.69) is 10.2 Å². The molecular formula is C20H29ClN2O2. The number of nitrogens with one attached hydrogen (secondary N) is 1. The number of carbonyl (C=O) groups is 1. The lowest BCUT2D eigenvalue weighted by Crippen LogP contribution is -2.48. The van der Waals surface area contributed by atoms with Gasteiger partial charge in [-0.3, -0.25) is 4.79 Å². The Morgan fingerprint density at radius 1 is 1.24 bits per heavy atom. The molecule has 1 saturated carbocycles. The van der Waals surface area contributed by atoms with E-state index in [9.17, 15) is 4.79 Å². The summed E-state index contributed by atoms with van der Waals surface area (Å²) in [5, 5.41) is 3.67. The van der Waals surface area contributed by atoms with Crippen LogP contribution in [0.5, 0.6) is 5.75 Å². The average Bonchev–Trinajstić information content (AvgIpc) is 3.11. The molecule has 1 N–H and O–H groups in total. The molecule has 1 amide bonds. The molecule has 138 valence electrons. The first-order chi connectivity index (χ1) is 12.1. The van der Waals surface area contributed by atoms with E-state index in [1.807, 2.05) is 12.1 Å². The van der Waals surface area contributed by atoms with Crippen LogP contribution in [0, 0.1) is 5.92 Å². The summed E-state index contributed by atoms with van der Waals surface area (Å²) < 4.78 is 5.70. The van der Waals surface area contributed by atoms with Gasteiger partial charge < -0.3 is 15.0 Å². The van der Waals surface area contributed by atoms with Gasteiger partial charge in [0, 0.05) is 25.7 Å². The fourth-order valence-electron chi connectivity index (χ4n) is 3.92. The number of para-hydroxylation sites is 1. The van der Waals surface area contributed by atoms with Gasteiger partial charge in [0.25, 0.3) is 5.91 Å². The number of piperidine rings is 1. The Bertz CT molecular complexity index is 567. The Kier molecular flexibility index (Phi) is 6.60. The second-order valence-corrected chi connectivity index (χ2v) is 7.83. The van der Waals surface area contributed by atoms with Gasteiger partial charge in [0.05, 0.1) is 5.02 Å². The van der Waals surface area contributed by atoms with Gasteiger partial charge in [0.1, 0.15) is 5.75 Å². The summed E-state index contributed by atoms with van der Waals surface area (Å²) in [5.41, 5.74) is 0. The van der Waals surface area contributed by atoms with Gasteiger partial charge in [0.15, 0.2) is 6.10 Å². The Morgan fingerprint density at radius 3 is 2.60 bits per heavy atom. The number of halogens is 1. The predicted molar refractivity (Wildman–Crippen MR) is 101 cm³/mol. The van der Waals surface area contributed by atoms with Crippen molar-refractivity contribution in [2.24, 2.45) is 5.92 Å². The van der Waals surface area contributed by atoms with Crippen LogP contribution in [0.3, 0.4) is 0 Å². The molecule has 25 heavy (non-hydrogen) atoms.